The molecule has 2 amide bonds. The molecule has 0 fully saturated rings. The number of rotatable bonds is 4. The summed E-state index contributed by atoms with van der Waals surface area (Å²) in [6.45, 7) is 0.294. The zero-order valence-corrected chi connectivity index (χ0v) is 12.7. The minimum atomic E-state index is -0.620. The van der Waals surface area contributed by atoms with Gasteiger partial charge in [0.1, 0.15) is 16.6 Å². The number of anilines is 1. The number of hydrogen-bond donors (Lipinski definition) is 2. The summed E-state index contributed by atoms with van der Waals surface area (Å²) in [7, 11) is 0. The summed E-state index contributed by atoms with van der Waals surface area (Å²) in [5.74, 6) is -1.01. The predicted molar refractivity (Wildman–Crippen MR) is 81.9 cm³/mol. The Kier molecular flexibility index (Phi) is 4.26. The van der Waals surface area contributed by atoms with Crippen LogP contribution in [0.2, 0.25) is 0 Å². The number of nitrogens with two attached hydrogens (primary N) is 1. The van der Waals surface area contributed by atoms with Crippen molar-refractivity contribution in [2.75, 3.05) is 12.1 Å². The van der Waals surface area contributed by atoms with Gasteiger partial charge in [-0.2, -0.15) is 0 Å². The van der Waals surface area contributed by atoms with Crippen molar-refractivity contribution in [1.82, 2.24) is 0 Å². The molecule has 0 bridgehead atoms. The van der Waals surface area contributed by atoms with E-state index in [1.807, 2.05) is 0 Å². The molecule has 3 N–H and O–H groups in total. The SMILES string of the molecule is NC(=O)c1ccsc1NC(=O)Cc1cc(F)cc2c1OCOC2. The first-order valence-corrected chi connectivity index (χ1v) is 7.61. The Morgan fingerprint density at radius 2 is 2.22 bits per heavy atom. The van der Waals surface area contributed by atoms with Crippen molar-refractivity contribution in [2.24, 2.45) is 5.73 Å². The molecule has 3 rings (SSSR count). The van der Waals surface area contributed by atoms with Crippen LogP contribution >= 0.6 is 11.3 Å². The number of primary amides is 1. The molecule has 0 atom stereocenters. The molecule has 0 spiro atoms. The Bertz CT molecular complexity index is 775. The van der Waals surface area contributed by atoms with E-state index in [2.05, 4.69) is 5.32 Å². The summed E-state index contributed by atoms with van der Waals surface area (Å²) in [6.07, 6.45) is -0.0871. The summed E-state index contributed by atoms with van der Waals surface area (Å²) < 4.78 is 24.1. The second-order valence-corrected chi connectivity index (χ2v) is 5.83. The third-order valence-electron chi connectivity index (χ3n) is 3.29. The summed E-state index contributed by atoms with van der Waals surface area (Å²) in [6, 6.07) is 4.11. The van der Waals surface area contributed by atoms with E-state index >= 15 is 0 Å². The van der Waals surface area contributed by atoms with E-state index in [4.69, 9.17) is 15.2 Å². The first-order valence-electron chi connectivity index (χ1n) is 6.73. The van der Waals surface area contributed by atoms with E-state index in [0.717, 1.165) is 0 Å². The van der Waals surface area contributed by atoms with Crippen LogP contribution in [-0.2, 0) is 22.6 Å². The van der Waals surface area contributed by atoms with Crippen molar-refractivity contribution in [3.63, 3.8) is 0 Å². The highest BCUT2D eigenvalue weighted by Gasteiger charge is 2.20. The number of carbonyl (C=O) groups is 2. The molecule has 2 heterocycles. The molecular formula is C15H13FN2O4S. The normalized spacial score (nSPS) is 13.1. The van der Waals surface area contributed by atoms with Crippen LogP contribution in [-0.4, -0.2) is 18.6 Å². The zero-order valence-electron chi connectivity index (χ0n) is 11.9. The van der Waals surface area contributed by atoms with Crippen molar-refractivity contribution >= 4 is 28.2 Å². The van der Waals surface area contributed by atoms with E-state index in [1.165, 1.54) is 29.5 Å². The number of carbonyl (C=O) groups excluding carboxylic acids is 2. The van der Waals surface area contributed by atoms with Crippen molar-refractivity contribution in [1.29, 1.82) is 0 Å². The molecular weight excluding hydrogens is 323 g/mol. The average Bonchev–Trinajstić information content (AvgIpc) is 2.95. The van der Waals surface area contributed by atoms with E-state index in [-0.39, 0.29) is 25.4 Å². The fourth-order valence-corrected chi connectivity index (χ4v) is 3.14. The summed E-state index contributed by atoms with van der Waals surface area (Å²) in [4.78, 5) is 23.4. The molecule has 0 saturated heterocycles. The fraction of sp³-hybridized carbons (Fsp3) is 0.200. The van der Waals surface area contributed by atoms with Crippen molar-refractivity contribution in [3.8, 4) is 5.75 Å². The Labute approximate surface area is 135 Å². The molecule has 120 valence electrons. The molecule has 0 radical (unpaired) electrons. The maximum absolute atomic E-state index is 13.7. The van der Waals surface area contributed by atoms with Gasteiger partial charge in [-0.05, 0) is 23.6 Å². The molecule has 23 heavy (non-hydrogen) atoms. The lowest BCUT2D eigenvalue weighted by atomic mass is 10.0. The van der Waals surface area contributed by atoms with Gasteiger partial charge in [-0.3, -0.25) is 9.59 Å². The van der Waals surface area contributed by atoms with Gasteiger partial charge in [0.2, 0.25) is 5.91 Å². The smallest absolute Gasteiger partial charge is 0.251 e. The molecule has 0 aliphatic carbocycles. The predicted octanol–water partition coefficient (Wildman–Crippen LogP) is 2.03. The quantitative estimate of drug-likeness (QED) is 0.894. The zero-order chi connectivity index (χ0) is 16.4. The van der Waals surface area contributed by atoms with Crippen LogP contribution in [0.15, 0.2) is 23.6 Å². The third kappa shape index (κ3) is 3.33. The van der Waals surface area contributed by atoms with Crippen LogP contribution in [0, 0.1) is 5.82 Å². The molecule has 6 nitrogen and oxygen atoms in total. The minimum absolute atomic E-state index is 0.0595. The van der Waals surface area contributed by atoms with Gasteiger partial charge in [-0.25, -0.2) is 4.39 Å². The van der Waals surface area contributed by atoms with Gasteiger partial charge in [0.05, 0.1) is 18.6 Å². The van der Waals surface area contributed by atoms with Gasteiger partial charge < -0.3 is 20.5 Å². The average molecular weight is 336 g/mol. The summed E-state index contributed by atoms with van der Waals surface area (Å²) in [5.41, 5.74) is 6.47. The van der Waals surface area contributed by atoms with Gasteiger partial charge in [0, 0.05) is 11.1 Å². The Morgan fingerprint density at radius 3 is 3.00 bits per heavy atom. The molecule has 1 aliphatic heterocycles. The van der Waals surface area contributed by atoms with Gasteiger partial charge in [-0.1, -0.05) is 0 Å². The molecule has 0 saturated carbocycles. The summed E-state index contributed by atoms with van der Waals surface area (Å²) in [5, 5.41) is 4.64. The van der Waals surface area contributed by atoms with Gasteiger partial charge in [-0.15, -0.1) is 11.3 Å². The van der Waals surface area contributed by atoms with Crippen LogP contribution in [0.3, 0.4) is 0 Å². The van der Waals surface area contributed by atoms with E-state index < -0.39 is 17.6 Å². The number of halogens is 1. The monoisotopic (exact) mass is 336 g/mol. The lowest BCUT2D eigenvalue weighted by Crippen LogP contribution is -2.20. The molecule has 1 aromatic heterocycles. The van der Waals surface area contributed by atoms with Gasteiger partial charge in [0.15, 0.2) is 6.79 Å². The first kappa shape index (κ1) is 15.4. The molecule has 0 unspecified atom stereocenters. The van der Waals surface area contributed by atoms with Gasteiger partial charge >= 0.3 is 0 Å². The van der Waals surface area contributed by atoms with E-state index in [0.29, 0.717) is 21.9 Å². The maximum Gasteiger partial charge on any atom is 0.251 e. The van der Waals surface area contributed by atoms with Crippen LogP contribution in [0.4, 0.5) is 9.39 Å². The topological polar surface area (TPSA) is 90.7 Å². The van der Waals surface area contributed by atoms with Crippen LogP contribution in [0.1, 0.15) is 21.5 Å². The van der Waals surface area contributed by atoms with Gasteiger partial charge in [0.25, 0.3) is 5.91 Å². The second kappa shape index (κ2) is 6.35. The maximum atomic E-state index is 13.7. The lowest BCUT2D eigenvalue weighted by molar-refractivity contribution is -0.115. The number of benzene rings is 1. The Morgan fingerprint density at radius 1 is 1.39 bits per heavy atom. The highest BCUT2D eigenvalue weighted by molar-refractivity contribution is 7.14. The second-order valence-electron chi connectivity index (χ2n) is 4.92. The highest BCUT2D eigenvalue weighted by Crippen LogP contribution is 2.30. The number of nitrogens with one attached hydrogen (secondary N) is 1. The van der Waals surface area contributed by atoms with E-state index in [9.17, 15) is 14.0 Å². The third-order valence-corrected chi connectivity index (χ3v) is 4.12. The van der Waals surface area contributed by atoms with Crippen molar-refractivity contribution in [2.45, 2.75) is 13.0 Å². The fourth-order valence-electron chi connectivity index (χ4n) is 2.33. The largest absolute Gasteiger partial charge is 0.467 e. The number of ether oxygens (including phenoxy) is 2. The van der Waals surface area contributed by atoms with Crippen LogP contribution < -0.4 is 15.8 Å². The molecule has 1 aromatic carbocycles. The minimum Gasteiger partial charge on any atom is -0.467 e. The number of hydrogen-bond acceptors (Lipinski definition) is 5. The number of amides is 2. The van der Waals surface area contributed by atoms with E-state index in [1.54, 1.807) is 5.38 Å². The van der Waals surface area contributed by atoms with Crippen molar-refractivity contribution < 1.29 is 23.5 Å². The standard InChI is InChI=1S/C15H13FN2O4S/c16-10-3-8(13-9(4-10)6-21-7-22-13)5-12(19)18-15-11(14(17)20)1-2-23-15/h1-4H,5-7H2,(H2,17,20)(H,18,19). The highest BCUT2D eigenvalue weighted by atomic mass is 32.1. The molecule has 1 aliphatic rings. The Balaban J connectivity index is 1.79. The number of thiophene rings is 1. The first-order chi connectivity index (χ1) is 11.0. The number of fused-ring (bicyclic) bond motifs is 1. The van der Waals surface area contributed by atoms with Crippen LogP contribution in [0.25, 0.3) is 0 Å². The lowest BCUT2D eigenvalue weighted by Gasteiger charge is -2.20. The molecule has 2 aromatic rings. The van der Waals surface area contributed by atoms with Crippen LogP contribution in [0.5, 0.6) is 5.75 Å². The van der Waals surface area contributed by atoms with Crippen molar-refractivity contribution in [3.05, 3.63) is 46.1 Å². The molecule has 8 heteroatoms. The Hall–Kier alpha value is -2.45. The summed E-state index contributed by atoms with van der Waals surface area (Å²) >= 11 is 1.19.